The van der Waals surface area contributed by atoms with Crippen molar-refractivity contribution in [1.29, 1.82) is 0 Å². The maximum absolute atomic E-state index is 13.7. The Balaban J connectivity index is 1.46. The summed E-state index contributed by atoms with van der Waals surface area (Å²) < 4.78 is 38.2. The molecule has 45 heavy (non-hydrogen) atoms. The van der Waals surface area contributed by atoms with Crippen LogP contribution in [0.15, 0.2) is 95.9 Å². The van der Waals surface area contributed by atoms with Crippen LogP contribution in [0.5, 0.6) is 11.5 Å². The van der Waals surface area contributed by atoms with E-state index in [1.54, 1.807) is 72.6 Å². The first-order chi connectivity index (χ1) is 21.7. The zero-order valence-corrected chi connectivity index (χ0v) is 27.0. The number of nitrogens with zero attached hydrogens (tertiary/aromatic N) is 1. The number of amides is 2. The van der Waals surface area contributed by atoms with Gasteiger partial charge >= 0.3 is 0 Å². The van der Waals surface area contributed by atoms with E-state index >= 15 is 0 Å². The van der Waals surface area contributed by atoms with Gasteiger partial charge in [0.15, 0.2) is 9.84 Å². The molecule has 0 aliphatic carbocycles. The number of nitrogens with one attached hydrogen (secondary N) is 1. The molecular formula is C36H40N2O6S. The van der Waals surface area contributed by atoms with Gasteiger partial charge in [-0.2, -0.15) is 0 Å². The molecule has 0 aliphatic rings. The summed E-state index contributed by atoms with van der Waals surface area (Å²) in [4.78, 5) is 27.2. The van der Waals surface area contributed by atoms with Crippen molar-refractivity contribution in [3.63, 3.8) is 0 Å². The van der Waals surface area contributed by atoms with Crippen molar-refractivity contribution in [2.24, 2.45) is 0 Å². The highest BCUT2D eigenvalue weighted by Crippen LogP contribution is 2.32. The number of carbonyl (C=O) groups excluding carboxylic acids is 2. The first kappa shape index (κ1) is 33.3. The maximum Gasteiger partial charge on any atom is 0.255 e. The fourth-order valence-corrected chi connectivity index (χ4v) is 6.72. The number of rotatable bonds is 14. The fraction of sp³-hybridized carbons (Fsp3) is 0.278. The monoisotopic (exact) mass is 628 g/mol. The fourth-order valence-electron chi connectivity index (χ4n) is 5.18. The van der Waals surface area contributed by atoms with Crippen LogP contribution in [0.4, 0.5) is 0 Å². The summed E-state index contributed by atoms with van der Waals surface area (Å²) in [5, 5.41) is 2.92. The van der Waals surface area contributed by atoms with Crippen LogP contribution in [0.2, 0.25) is 0 Å². The summed E-state index contributed by atoms with van der Waals surface area (Å²) in [6.07, 6.45) is 2.21. The van der Waals surface area contributed by atoms with Gasteiger partial charge in [0.2, 0.25) is 0 Å². The van der Waals surface area contributed by atoms with Gasteiger partial charge in [-0.15, -0.1) is 0 Å². The van der Waals surface area contributed by atoms with Crippen molar-refractivity contribution in [3.05, 3.63) is 113 Å². The van der Waals surface area contributed by atoms with Crippen LogP contribution in [0, 0.1) is 0 Å². The number of carbonyl (C=O) groups is 2. The zero-order valence-electron chi connectivity index (χ0n) is 26.2. The van der Waals surface area contributed by atoms with Gasteiger partial charge in [0.05, 0.1) is 25.5 Å². The maximum atomic E-state index is 13.7. The molecule has 0 saturated carbocycles. The van der Waals surface area contributed by atoms with Crippen LogP contribution in [0.1, 0.15) is 51.6 Å². The van der Waals surface area contributed by atoms with Crippen molar-refractivity contribution >= 4 is 21.7 Å². The lowest BCUT2D eigenvalue weighted by atomic mass is 10.0. The molecule has 236 valence electrons. The van der Waals surface area contributed by atoms with Crippen molar-refractivity contribution in [2.45, 2.75) is 36.8 Å². The van der Waals surface area contributed by atoms with E-state index in [0.29, 0.717) is 53.9 Å². The molecule has 1 N–H and O–H groups in total. The van der Waals surface area contributed by atoms with Crippen molar-refractivity contribution in [3.8, 4) is 22.6 Å². The van der Waals surface area contributed by atoms with Crippen molar-refractivity contribution < 1.29 is 27.5 Å². The average Bonchev–Trinajstić information content (AvgIpc) is 3.06. The predicted molar refractivity (Wildman–Crippen MR) is 177 cm³/mol. The largest absolute Gasteiger partial charge is 0.496 e. The van der Waals surface area contributed by atoms with Crippen molar-refractivity contribution in [1.82, 2.24) is 10.2 Å². The summed E-state index contributed by atoms with van der Waals surface area (Å²) in [6, 6.07) is 26.8. The van der Waals surface area contributed by atoms with E-state index in [-0.39, 0.29) is 28.2 Å². The van der Waals surface area contributed by atoms with Crippen LogP contribution < -0.4 is 14.8 Å². The topological polar surface area (TPSA) is 102 Å². The molecule has 0 fully saturated rings. The smallest absolute Gasteiger partial charge is 0.255 e. The van der Waals surface area contributed by atoms with Gasteiger partial charge < -0.3 is 19.7 Å². The number of ether oxygens (including phenoxy) is 2. The Labute approximate surface area is 265 Å². The Morgan fingerprint density at radius 1 is 0.800 bits per heavy atom. The van der Waals surface area contributed by atoms with E-state index in [1.165, 1.54) is 14.2 Å². The van der Waals surface area contributed by atoms with E-state index in [1.807, 2.05) is 37.3 Å². The normalized spacial score (nSPS) is 11.1. The molecule has 2 amide bonds. The third-order valence-corrected chi connectivity index (χ3v) is 9.18. The molecule has 0 heterocycles. The Hall–Kier alpha value is -4.63. The first-order valence-electron chi connectivity index (χ1n) is 14.9. The molecule has 4 aromatic rings. The summed E-state index contributed by atoms with van der Waals surface area (Å²) in [5.74, 6) is 0.288. The van der Waals surface area contributed by atoms with Crippen LogP contribution in [-0.2, 0) is 22.0 Å². The summed E-state index contributed by atoms with van der Waals surface area (Å²) in [5.41, 5.74) is 4.07. The van der Waals surface area contributed by atoms with Crippen LogP contribution >= 0.6 is 0 Å². The average molecular weight is 629 g/mol. The zero-order chi connectivity index (χ0) is 32.4. The van der Waals surface area contributed by atoms with Gasteiger partial charge in [-0.3, -0.25) is 9.59 Å². The standard InChI is InChI=1S/C36H40N2O6S/c1-5-21-38(2)36(40)30-15-9-14-28(23-30)29-18-19-33(44-4)34(24-29)45(41,42)25-27-12-8-11-26(22-27)13-10-20-37-35(39)31-16-6-7-17-32(31)43-3/h6-9,11-12,14-19,22-24H,5,10,13,20-21,25H2,1-4H3,(H,37,39). The van der Waals surface area contributed by atoms with Crippen molar-refractivity contribution in [2.75, 3.05) is 34.4 Å². The molecule has 4 rings (SSSR count). The first-order valence-corrected chi connectivity index (χ1v) is 16.6. The second-order valence-corrected chi connectivity index (χ2v) is 12.8. The quantitative estimate of drug-likeness (QED) is 0.167. The number of sulfone groups is 1. The summed E-state index contributed by atoms with van der Waals surface area (Å²) in [6.45, 7) is 3.13. The molecule has 4 aromatic carbocycles. The molecule has 9 heteroatoms. The molecule has 0 radical (unpaired) electrons. The van der Waals surface area contributed by atoms with Gasteiger partial charge in [0.25, 0.3) is 11.8 Å². The van der Waals surface area contributed by atoms with Crippen LogP contribution in [0.25, 0.3) is 11.1 Å². The highest BCUT2D eigenvalue weighted by molar-refractivity contribution is 7.90. The lowest BCUT2D eigenvalue weighted by Gasteiger charge is -2.17. The molecule has 0 bridgehead atoms. The second-order valence-electron chi connectivity index (χ2n) is 10.8. The minimum atomic E-state index is -3.79. The van der Waals surface area contributed by atoms with Crippen LogP contribution in [0.3, 0.4) is 0 Å². The molecule has 0 aromatic heterocycles. The SMILES string of the molecule is CCCN(C)C(=O)c1cccc(-c2ccc(OC)c(S(=O)(=O)Cc3cccc(CCCNC(=O)c4ccccc4OC)c3)c2)c1. The van der Waals surface area contributed by atoms with Gasteiger partial charge in [-0.1, -0.05) is 61.5 Å². The van der Waals surface area contributed by atoms with Gasteiger partial charge in [-0.05, 0) is 77.9 Å². The molecule has 0 aliphatic heterocycles. The molecular weight excluding hydrogens is 588 g/mol. The number of aryl methyl sites for hydroxylation is 1. The van der Waals surface area contributed by atoms with Gasteiger partial charge in [-0.25, -0.2) is 8.42 Å². The van der Waals surface area contributed by atoms with Crippen LogP contribution in [-0.4, -0.2) is 59.5 Å². The Morgan fingerprint density at radius 3 is 2.27 bits per heavy atom. The van der Waals surface area contributed by atoms with Gasteiger partial charge in [0, 0.05) is 25.7 Å². The van der Waals surface area contributed by atoms with E-state index in [2.05, 4.69) is 5.32 Å². The minimum Gasteiger partial charge on any atom is -0.496 e. The van der Waals surface area contributed by atoms with E-state index in [4.69, 9.17) is 9.47 Å². The summed E-state index contributed by atoms with van der Waals surface area (Å²) >= 11 is 0. The van der Waals surface area contributed by atoms with E-state index in [9.17, 15) is 18.0 Å². The second kappa shape index (κ2) is 15.4. The highest BCUT2D eigenvalue weighted by Gasteiger charge is 2.22. The number of methoxy groups -OCH3 is 2. The van der Waals surface area contributed by atoms with E-state index in [0.717, 1.165) is 17.5 Å². The molecule has 0 unspecified atom stereocenters. The number of hydrogen-bond donors (Lipinski definition) is 1. The summed E-state index contributed by atoms with van der Waals surface area (Å²) in [7, 11) is 0.956. The lowest BCUT2D eigenvalue weighted by Crippen LogP contribution is -2.27. The number of para-hydroxylation sites is 1. The van der Waals surface area contributed by atoms with Gasteiger partial charge in [0.1, 0.15) is 16.4 Å². The predicted octanol–water partition coefficient (Wildman–Crippen LogP) is 6.19. The number of benzene rings is 4. The molecule has 0 saturated heterocycles. The molecule has 0 spiro atoms. The Bertz CT molecular complexity index is 1750. The van der Waals surface area contributed by atoms with E-state index < -0.39 is 9.84 Å². The third-order valence-electron chi connectivity index (χ3n) is 7.47. The third kappa shape index (κ3) is 8.51. The Kier molecular flexibility index (Phi) is 11.4. The Morgan fingerprint density at radius 2 is 1.51 bits per heavy atom. The lowest BCUT2D eigenvalue weighted by molar-refractivity contribution is 0.0794. The highest BCUT2D eigenvalue weighted by atomic mass is 32.2. The molecule has 0 atom stereocenters. The molecule has 8 nitrogen and oxygen atoms in total. The number of hydrogen-bond acceptors (Lipinski definition) is 6. The minimum absolute atomic E-state index is 0.0845.